The number of aromatic nitrogens is 3. The Labute approximate surface area is 117 Å². The number of ether oxygens (including phenoxy) is 1. The molecule has 0 aliphatic rings. The van der Waals surface area contributed by atoms with E-state index in [1.807, 2.05) is 37.1 Å². The molecule has 0 aliphatic heterocycles. The maximum atomic E-state index is 11.3. The van der Waals surface area contributed by atoms with Gasteiger partial charge in [-0.25, -0.2) is 4.79 Å². The van der Waals surface area contributed by atoms with Crippen molar-refractivity contribution in [2.24, 2.45) is 0 Å². The first-order valence-corrected chi connectivity index (χ1v) is 6.19. The first-order chi connectivity index (χ1) is 9.63. The lowest BCUT2D eigenvalue weighted by Gasteiger charge is -2.24. The number of carbonyl (C=O) groups is 1. The first kappa shape index (κ1) is 13.9. The van der Waals surface area contributed by atoms with Crippen LogP contribution in [0.2, 0.25) is 0 Å². The van der Waals surface area contributed by atoms with Gasteiger partial charge in [-0.2, -0.15) is 0 Å². The van der Waals surface area contributed by atoms with Crippen LogP contribution in [0, 0.1) is 0 Å². The van der Waals surface area contributed by atoms with Gasteiger partial charge >= 0.3 is 5.97 Å². The third-order valence-corrected chi connectivity index (χ3v) is 3.10. The number of anilines is 1. The van der Waals surface area contributed by atoms with E-state index in [4.69, 9.17) is 0 Å². The van der Waals surface area contributed by atoms with Gasteiger partial charge in [0.05, 0.1) is 18.8 Å². The Morgan fingerprint density at radius 2 is 2.05 bits per heavy atom. The van der Waals surface area contributed by atoms with E-state index in [1.165, 1.54) is 7.11 Å². The van der Waals surface area contributed by atoms with Crippen LogP contribution in [0.1, 0.15) is 29.1 Å². The summed E-state index contributed by atoms with van der Waals surface area (Å²) in [6, 6.07) is 9.15. The van der Waals surface area contributed by atoms with E-state index in [0.29, 0.717) is 5.82 Å². The van der Waals surface area contributed by atoms with Crippen LogP contribution in [-0.2, 0) is 4.74 Å². The molecular formula is C14H16N4O2. The highest BCUT2D eigenvalue weighted by atomic mass is 16.5. The molecule has 2 aromatic heterocycles. The maximum Gasteiger partial charge on any atom is 0.358 e. The number of methoxy groups -OCH3 is 1. The lowest BCUT2D eigenvalue weighted by Crippen LogP contribution is -2.24. The number of rotatable bonds is 4. The molecule has 2 aromatic rings. The van der Waals surface area contributed by atoms with Crippen LogP contribution >= 0.6 is 0 Å². The Hall–Kier alpha value is -2.50. The second-order valence-corrected chi connectivity index (χ2v) is 4.31. The Morgan fingerprint density at radius 1 is 1.25 bits per heavy atom. The summed E-state index contributed by atoms with van der Waals surface area (Å²) in [6.07, 6.45) is 1.76. The molecule has 0 saturated carbocycles. The van der Waals surface area contributed by atoms with Gasteiger partial charge in [-0.3, -0.25) is 4.98 Å². The average Bonchev–Trinajstić information content (AvgIpc) is 2.53. The summed E-state index contributed by atoms with van der Waals surface area (Å²) in [5, 5.41) is 7.90. The van der Waals surface area contributed by atoms with Crippen molar-refractivity contribution in [2.45, 2.75) is 13.0 Å². The molecular weight excluding hydrogens is 256 g/mol. The SMILES string of the molecule is COC(=O)c1ccc(N(C)C(C)c2ccccn2)nn1. The Morgan fingerprint density at radius 3 is 2.60 bits per heavy atom. The number of hydrogen-bond acceptors (Lipinski definition) is 6. The highest BCUT2D eigenvalue weighted by Gasteiger charge is 2.16. The molecule has 0 spiro atoms. The van der Waals surface area contributed by atoms with E-state index in [2.05, 4.69) is 19.9 Å². The normalized spacial score (nSPS) is 11.8. The molecule has 0 bridgehead atoms. The summed E-state index contributed by atoms with van der Waals surface area (Å²) >= 11 is 0. The summed E-state index contributed by atoms with van der Waals surface area (Å²) in [5.41, 5.74) is 1.13. The highest BCUT2D eigenvalue weighted by molar-refractivity contribution is 5.86. The van der Waals surface area contributed by atoms with Crippen molar-refractivity contribution >= 4 is 11.8 Å². The van der Waals surface area contributed by atoms with Crippen LogP contribution < -0.4 is 4.90 Å². The van der Waals surface area contributed by atoms with Crippen LogP contribution in [0.3, 0.4) is 0 Å². The van der Waals surface area contributed by atoms with E-state index in [1.54, 1.807) is 18.3 Å². The van der Waals surface area contributed by atoms with Gasteiger partial charge in [0.1, 0.15) is 0 Å². The van der Waals surface area contributed by atoms with Crippen LogP contribution in [0.15, 0.2) is 36.5 Å². The molecule has 6 heteroatoms. The predicted molar refractivity (Wildman–Crippen MR) is 74.4 cm³/mol. The van der Waals surface area contributed by atoms with Crippen molar-refractivity contribution in [3.05, 3.63) is 47.9 Å². The van der Waals surface area contributed by atoms with Crippen molar-refractivity contribution in [3.63, 3.8) is 0 Å². The number of carbonyl (C=O) groups excluding carboxylic acids is 1. The minimum absolute atomic E-state index is 0.0504. The molecule has 1 atom stereocenters. The van der Waals surface area contributed by atoms with Gasteiger partial charge in [0, 0.05) is 13.2 Å². The maximum absolute atomic E-state index is 11.3. The predicted octanol–water partition coefficient (Wildman–Crippen LogP) is 1.86. The van der Waals surface area contributed by atoms with Crippen molar-refractivity contribution in [3.8, 4) is 0 Å². The molecule has 0 radical (unpaired) electrons. The molecule has 0 fully saturated rings. The fraction of sp³-hybridized carbons (Fsp3) is 0.286. The fourth-order valence-corrected chi connectivity index (χ4v) is 1.75. The van der Waals surface area contributed by atoms with Gasteiger partial charge in [0.15, 0.2) is 11.5 Å². The average molecular weight is 272 g/mol. The second kappa shape index (κ2) is 6.10. The van der Waals surface area contributed by atoms with E-state index in [9.17, 15) is 4.79 Å². The summed E-state index contributed by atoms with van der Waals surface area (Å²) in [7, 11) is 3.22. The molecule has 6 nitrogen and oxygen atoms in total. The van der Waals surface area contributed by atoms with Gasteiger partial charge in [-0.15, -0.1) is 10.2 Å². The summed E-state index contributed by atoms with van der Waals surface area (Å²) < 4.78 is 4.59. The van der Waals surface area contributed by atoms with Crippen molar-refractivity contribution in [1.29, 1.82) is 0 Å². The van der Waals surface area contributed by atoms with E-state index >= 15 is 0 Å². The molecule has 0 aromatic carbocycles. The van der Waals surface area contributed by atoms with E-state index in [0.717, 1.165) is 5.69 Å². The Balaban J connectivity index is 2.17. The standard InChI is InChI=1S/C14H16N4O2/c1-10(11-6-4-5-9-15-11)18(2)13-8-7-12(16-17-13)14(19)20-3/h4-10H,1-3H3. The smallest absolute Gasteiger partial charge is 0.358 e. The lowest BCUT2D eigenvalue weighted by atomic mass is 10.2. The van der Waals surface area contributed by atoms with Gasteiger partial charge in [-0.1, -0.05) is 6.07 Å². The lowest BCUT2D eigenvalue weighted by molar-refractivity contribution is 0.0592. The van der Waals surface area contributed by atoms with Gasteiger partial charge in [0.25, 0.3) is 0 Å². The summed E-state index contributed by atoms with van der Waals surface area (Å²) in [5.74, 6) is 0.167. The first-order valence-electron chi connectivity index (χ1n) is 6.19. The minimum atomic E-state index is -0.496. The molecule has 0 N–H and O–H groups in total. The highest BCUT2D eigenvalue weighted by Crippen LogP contribution is 2.21. The van der Waals surface area contributed by atoms with Crippen molar-refractivity contribution in [2.75, 3.05) is 19.1 Å². The molecule has 2 rings (SSSR count). The van der Waals surface area contributed by atoms with Gasteiger partial charge in [0.2, 0.25) is 0 Å². The third-order valence-electron chi connectivity index (χ3n) is 3.10. The van der Waals surface area contributed by atoms with Gasteiger partial charge < -0.3 is 9.64 Å². The second-order valence-electron chi connectivity index (χ2n) is 4.31. The Kier molecular flexibility index (Phi) is 4.24. The number of hydrogen-bond donors (Lipinski definition) is 0. The fourth-order valence-electron chi connectivity index (χ4n) is 1.75. The van der Waals surface area contributed by atoms with Crippen LogP contribution in [0.25, 0.3) is 0 Å². The van der Waals surface area contributed by atoms with Crippen molar-refractivity contribution < 1.29 is 9.53 Å². The van der Waals surface area contributed by atoms with Crippen LogP contribution in [0.5, 0.6) is 0 Å². The monoisotopic (exact) mass is 272 g/mol. The summed E-state index contributed by atoms with van der Waals surface area (Å²) in [4.78, 5) is 17.6. The molecule has 0 saturated heterocycles. The zero-order chi connectivity index (χ0) is 14.5. The molecule has 0 amide bonds. The molecule has 104 valence electrons. The van der Waals surface area contributed by atoms with Gasteiger partial charge in [-0.05, 0) is 31.2 Å². The zero-order valence-corrected chi connectivity index (χ0v) is 11.6. The molecule has 20 heavy (non-hydrogen) atoms. The minimum Gasteiger partial charge on any atom is -0.464 e. The van der Waals surface area contributed by atoms with Crippen molar-refractivity contribution in [1.82, 2.24) is 15.2 Å². The van der Waals surface area contributed by atoms with E-state index < -0.39 is 5.97 Å². The Bertz CT molecular complexity index is 571. The largest absolute Gasteiger partial charge is 0.464 e. The summed E-state index contributed by atoms with van der Waals surface area (Å²) in [6.45, 7) is 2.03. The molecule has 0 aliphatic carbocycles. The van der Waals surface area contributed by atoms with E-state index in [-0.39, 0.29) is 11.7 Å². The number of pyridine rings is 1. The zero-order valence-electron chi connectivity index (χ0n) is 11.6. The quantitative estimate of drug-likeness (QED) is 0.791. The number of esters is 1. The number of nitrogens with zero attached hydrogens (tertiary/aromatic N) is 4. The third kappa shape index (κ3) is 2.90. The van der Waals surface area contributed by atoms with Crippen LogP contribution in [-0.4, -0.2) is 35.3 Å². The molecule has 2 heterocycles. The topological polar surface area (TPSA) is 68.2 Å². The molecule has 1 unspecified atom stereocenters. The van der Waals surface area contributed by atoms with Crippen LogP contribution in [0.4, 0.5) is 5.82 Å².